The average molecular weight is 314 g/mol. The Bertz CT molecular complexity index is 287. The molecule has 1 nitrogen and oxygen atoms in total. The fourth-order valence-corrected chi connectivity index (χ4v) is 2.14. The van der Waals surface area contributed by atoms with Crippen LogP contribution in [0.5, 0.6) is 0 Å². The molecule has 0 saturated heterocycles. The SMILES string of the molecule is CC(=O)CC(C)(C)C(Cl)CC(Cl)(Cl)C(F)(F)F. The molecule has 0 aromatic heterocycles. The molecule has 0 aliphatic rings. The van der Waals surface area contributed by atoms with Crippen molar-refractivity contribution in [1.29, 1.82) is 0 Å². The third kappa shape index (κ3) is 5.23. The largest absolute Gasteiger partial charge is 0.421 e. The van der Waals surface area contributed by atoms with Gasteiger partial charge in [-0.1, -0.05) is 37.0 Å². The van der Waals surface area contributed by atoms with Gasteiger partial charge in [-0.3, -0.25) is 0 Å². The lowest BCUT2D eigenvalue weighted by molar-refractivity contribution is -0.143. The van der Waals surface area contributed by atoms with Crippen LogP contribution >= 0.6 is 34.8 Å². The Kier molecular flexibility index (Phi) is 5.64. The van der Waals surface area contributed by atoms with Gasteiger partial charge in [0.05, 0.1) is 0 Å². The van der Waals surface area contributed by atoms with Crippen LogP contribution in [-0.4, -0.2) is 21.7 Å². The van der Waals surface area contributed by atoms with E-state index >= 15 is 0 Å². The van der Waals surface area contributed by atoms with E-state index in [1.165, 1.54) is 6.92 Å². The molecule has 0 heterocycles. The summed E-state index contributed by atoms with van der Waals surface area (Å²) in [6.45, 7) is 4.56. The van der Waals surface area contributed by atoms with Crippen molar-refractivity contribution in [2.45, 2.75) is 49.5 Å². The first-order chi connectivity index (χ1) is 7.29. The summed E-state index contributed by atoms with van der Waals surface area (Å²) in [5.41, 5.74) is -0.798. The Morgan fingerprint density at radius 3 is 1.94 bits per heavy atom. The van der Waals surface area contributed by atoms with Crippen LogP contribution in [0.3, 0.4) is 0 Å². The number of carbonyl (C=O) groups is 1. The van der Waals surface area contributed by atoms with Crippen LogP contribution in [0.4, 0.5) is 13.2 Å². The molecule has 0 spiro atoms. The Hall–Kier alpha value is 0.330. The molecule has 0 fully saturated rings. The van der Waals surface area contributed by atoms with Gasteiger partial charge in [0.2, 0.25) is 4.33 Å². The number of hydrogen-bond acceptors (Lipinski definition) is 1. The second-order valence-electron chi connectivity index (χ2n) is 4.74. The molecule has 0 N–H and O–H groups in total. The van der Waals surface area contributed by atoms with Crippen LogP contribution in [0.1, 0.15) is 33.6 Å². The minimum atomic E-state index is -4.75. The van der Waals surface area contributed by atoms with Crippen LogP contribution in [0.2, 0.25) is 0 Å². The van der Waals surface area contributed by atoms with Crippen molar-refractivity contribution in [2.75, 3.05) is 0 Å². The molecule has 0 bridgehead atoms. The third-order valence-electron chi connectivity index (χ3n) is 2.40. The average Bonchev–Trinajstić information content (AvgIpc) is 1.97. The van der Waals surface area contributed by atoms with Gasteiger partial charge in [-0.05, 0) is 12.3 Å². The number of halogens is 6. The number of ketones is 1. The highest BCUT2D eigenvalue weighted by atomic mass is 35.5. The minimum Gasteiger partial charge on any atom is -0.300 e. The molecule has 0 aliphatic heterocycles. The first-order valence-corrected chi connectivity index (χ1v) is 6.07. The topological polar surface area (TPSA) is 17.1 Å². The molecule has 0 amide bonds. The fraction of sp³-hybridized carbons (Fsp3) is 0.900. The molecular formula is C10H14Cl3F3O. The summed E-state index contributed by atoms with van der Waals surface area (Å²) >= 11 is 16.3. The maximum absolute atomic E-state index is 12.5. The molecule has 0 saturated carbocycles. The molecule has 1 unspecified atom stereocenters. The van der Waals surface area contributed by atoms with Gasteiger partial charge in [0, 0.05) is 18.2 Å². The van der Waals surface area contributed by atoms with Gasteiger partial charge in [0.25, 0.3) is 0 Å². The zero-order valence-corrected chi connectivity index (χ0v) is 11.9. The number of Topliss-reactive ketones (excluding diaryl/α,β-unsaturated/α-hetero) is 1. The minimum absolute atomic E-state index is 0.0723. The maximum Gasteiger partial charge on any atom is 0.421 e. The molecule has 7 heteroatoms. The van der Waals surface area contributed by atoms with Gasteiger partial charge in [-0.15, -0.1) is 11.6 Å². The van der Waals surface area contributed by atoms with E-state index in [-0.39, 0.29) is 12.2 Å². The molecule has 17 heavy (non-hydrogen) atoms. The van der Waals surface area contributed by atoms with Gasteiger partial charge in [-0.25, -0.2) is 0 Å². The van der Waals surface area contributed by atoms with Crippen molar-refractivity contribution in [2.24, 2.45) is 5.41 Å². The zero-order valence-electron chi connectivity index (χ0n) is 9.67. The first kappa shape index (κ1) is 17.3. The van der Waals surface area contributed by atoms with Gasteiger partial charge in [-0.2, -0.15) is 13.2 Å². The zero-order chi connectivity index (χ0) is 14.1. The van der Waals surface area contributed by atoms with Gasteiger partial charge in [0.1, 0.15) is 5.78 Å². The maximum atomic E-state index is 12.5. The second kappa shape index (κ2) is 5.54. The fourth-order valence-electron chi connectivity index (χ4n) is 1.37. The van der Waals surface area contributed by atoms with Crippen LogP contribution < -0.4 is 0 Å². The van der Waals surface area contributed by atoms with Gasteiger partial charge >= 0.3 is 6.18 Å². The van der Waals surface area contributed by atoms with Crippen LogP contribution in [0.25, 0.3) is 0 Å². The van der Waals surface area contributed by atoms with Crippen molar-refractivity contribution >= 4 is 40.6 Å². The summed E-state index contributed by atoms with van der Waals surface area (Å²) in [7, 11) is 0. The van der Waals surface area contributed by atoms with Gasteiger partial charge in [0.15, 0.2) is 0 Å². The van der Waals surface area contributed by atoms with E-state index in [9.17, 15) is 18.0 Å². The molecule has 1 atom stereocenters. The van der Waals surface area contributed by atoms with Crippen molar-refractivity contribution in [3.8, 4) is 0 Å². The standard InChI is InChI=1S/C10H14Cl3F3O/c1-6(17)4-8(2,3)7(11)5-9(12,13)10(14,15)16/h7H,4-5H2,1-3H3. The first-order valence-electron chi connectivity index (χ1n) is 4.87. The molecular weight excluding hydrogens is 299 g/mol. The normalized spacial score (nSPS) is 15.8. The summed E-state index contributed by atoms with van der Waals surface area (Å²) < 4.78 is 34.5. The van der Waals surface area contributed by atoms with Crippen molar-refractivity contribution < 1.29 is 18.0 Å². The molecule has 102 valence electrons. The van der Waals surface area contributed by atoms with Crippen LogP contribution in [0.15, 0.2) is 0 Å². The number of alkyl halides is 6. The summed E-state index contributed by atoms with van der Waals surface area (Å²) in [6.07, 6.45) is -5.35. The Labute approximate surface area is 114 Å². The highest BCUT2D eigenvalue weighted by Crippen LogP contribution is 2.47. The van der Waals surface area contributed by atoms with E-state index in [0.29, 0.717) is 0 Å². The second-order valence-corrected chi connectivity index (χ2v) is 6.75. The highest BCUT2D eigenvalue weighted by Gasteiger charge is 2.54. The molecule has 0 aromatic rings. The summed E-state index contributed by atoms with van der Waals surface area (Å²) in [6, 6.07) is 0. The Balaban J connectivity index is 4.75. The van der Waals surface area contributed by atoms with E-state index in [1.807, 2.05) is 0 Å². The predicted molar refractivity (Wildman–Crippen MR) is 63.8 cm³/mol. The van der Waals surface area contributed by atoms with E-state index in [4.69, 9.17) is 34.8 Å². The number of rotatable bonds is 5. The Morgan fingerprint density at radius 1 is 1.24 bits per heavy atom. The lowest BCUT2D eigenvalue weighted by atomic mass is 9.82. The summed E-state index contributed by atoms with van der Waals surface area (Å²) in [4.78, 5) is 11.0. The number of carbonyl (C=O) groups excluding carboxylic acids is 1. The lowest BCUT2D eigenvalue weighted by Gasteiger charge is -2.33. The molecule has 0 radical (unpaired) electrons. The monoisotopic (exact) mass is 312 g/mol. The van der Waals surface area contributed by atoms with Crippen molar-refractivity contribution in [3.05, 3.63) is 0 Å². The van der Waals surface area contributed by atoms with E-state index in [1.54, 1.807) is 13.8 Å². The van der Waals surface area contributed by atoms with Crippen molar-refractivity contribution in [3.63, 3.8) is 0 Å². The van der Waals surface area contributed by atoms with Crippen LogP contribution in [-0.2, 0) is 4.79 Å². The van der Waals surface area contributed by atoms with Gasteiger partial charge < -0.3 is 4.79 Å². The molecule has 0 aliphatic carbocycles. The smallest absolute Gasteiger partial charge is 0.300 e. The lowest BCUT2D eigenvalue weighted by Crippen LogP contribution is -2.40. The van der Waals surface area contributed by atoms with Crippen LogP contribution in [0, 0.1) is 5.41 Å². The summed E-state index contributed by atoms with van der Waals surface area (Å²) in [5.74, 6) is -0.151. The van der Waals surface area contributed by atoms with E-state index < -0.39 is 27.7 Å². The van der Waals surface area contributed by atoms with Crippen molar-refractivity contribution in [1.82, 2.24) is 0 Å². The van der Waals surface area contributed by atoms with E-state index in [2.05, 4.69) is 0 Å². The number of hydrogen-bond donors (Lipinski definition) is 0. The molecule has 0 rings (SSSR count). The highest BCUT2D eigenvalue weighted by molar-refractivity contribution is 6.49. The Morgan fingerprint density at radius 2 is 1.65 bits per heavy atom. The summed E-state index contributed by atoms with van der Waals surface area (Å²) in [5, 5.41) is -0.956. The predicted octanol–water partition coefficient (Wildman–Crippen LogP) is 4.73. The van der Waals surface area contributed by atoms with E-state index in [0.717, 1.165) is 0 Å². The molecule has 0 aromatic carbocycles. The third-order valence-corrected chi connectivity index (χ3v) is 3.89. The quantitative estimate of drug-likeness (QED) is 0.671.